The second-order valence-electron chi connectivity index (χ2n) is 12.6. The van der Waals surface area contributed by atoms with Crippen LogP contribution < -0.4 is 14.5 Å². The largest absolute Gasteiger partial charge is 0.508 e. The molecule has 9 heteroatoms. The lowest BCUT2D eigenvalue weighted by atomic mass is 9.58. The van der Waals surface area contributed by atoms with Gasteiger partial charge in [-0.2, -0.15) is 0 Å². The minimum Gasteiger partial charge on any atom is -0.508 e. The highest BCUT2D eigenvalue weighted by Crippen LogP contribution is 2.55. The molecule has 2 aromatic carbocycles. The molecule has 0 radical (unpaired) electrons. The SMILES string of the molecule is CC1=CC(=O)C2=C(CC3C(=CCC4C(=O)N(c5ccc(N6CCOCC6)cc5)C(=O)C43)C2C2=COc3ccc(O)cc3C2)C1=O. The molecule has 2 saturated heterocycles. The average Bonchev–Trinajstić information content (AvgIpc) is 3.32. The highest BCUT2D eigenvalue weighted by Gasteiger charge is 2.57. The van der Waals surface area contributed by atoms with Crippen molar-refractivity contribution in [1.29, 1.82) is 0 Å². The van der Waals surface area contributed by atoms with Gasteiger partial charge in [-0.1, -0.05) is 11.6 Å². The first-order valence-electron chi connectivity index (χ1n) is 15.5. The van der Waals surface area contributed by atoms with Gasteiger partial charge in [-0.05, 0) is 79.8 Å². The zero-order chi connectivity index (χ0) is 31.0. The van der Waals surface area contributed by atoms with Gasteiger partial charge in [0.2, 0.25) is 11.8 Å². The molecule has 0 spiro atoms. The van der Waals surface area contributed by atoms with Gasteiger partial charge in [-0.3, -0.25) is 24.1 Å². The van der Waals surface area contributed by atoms with Crippen molar-refractivity contribution >= 4 is 34.8 Å². The number of ether oxygens (including phenoxy) is 2. The van der Waals surface area contributed by atoms with Gasteiger partial charge in [-0.25, -0.2) is 0 Å². The zero-order valence-electron chi connectivity index (χ0n) is 24.8. The first-order chi connectivity index (χ1) is 21.8. The van der Waals surface area contributed by atoms with Crippen molar-refractivity contribution in [3.8, 4) is 11.5 Å². The van der Waals surface area contributed by atoms with Gasteiger partial charge in [0.25, 0.3) is 0 Å². The number of phenols is 1. The fraction of sp³-hybridized carbons (Fsp3) is 0.333. The molecule has 8 rings (SSSR count). The van der Waals surface area contributed by atoms with Crippen molar-refractivity contribution in [3.05, 3.63) is 94.3 Å². The van der Waals surface area contributed by atoms with E-state index in [4.69, 9.17) is 9.47 Å². The van der Waals surface area contributed by atoms with Crippen LogP contribution in [-0.4, -0.2) is 54.8 Å². The monoisotopic (exact) mass is 604 g/mol. The predicted octanol–water partition coefficient (Wildman–Crippen LogP) is 4.21. The lowest BCUT2D eigenvalue weighted by Crippen LogP contribution is -2.41. The number of phenolic OH excluding ortho intramolecular Hbond substituents is 1. The molecule has 4 atom stereocenters. The molecule has 9 nitrogen and oxygen atoms in total. The van der Waals surface area contributed by atoms with E-state index in [-0.39, 0.29) is 35.6 Å². The topological polar surface area (TPSA) is 113 Å². The number of hydrogen-bond donors (Lipinski definition) is 1. The Morgan fingerprint density at radius 3 is 2.44 bits per heavy atom. The number of fused-ring (bicyclic) bond motifs is 4. The van der Waals surface area contributed by atoms with Crippen LogP contribution in [0.2, 0.25) is 0 Å². The molecule has 3 aliphatic heterocycles. The molecule has 2 amide bonds. The first-order valence-corrected chi connectivity index (χ1v) is 15.5. The highest BCUT2D eigenvalue weighted by atomic mass is 16.5. The third-order valence-corrected chi connectivity index (χ3v) is 10.2. The van der Waals surface area contributed by atoms with Crippen LogP contribution in [0.4, 0.5) is 11.4 Å². The van der Waals surface area contributed by atoms with Gasteiger partial charge >= 0.3 is 0 Å². The number of amides is 2. The molecule has 1 N–H and O–H groups in total. The third kappa shape index (κ3) is 4.32. The summed E-state index contributed by atoms with van der Waals surface area (Å²) in [6.07, 6.45) is 6.04. The summed E-state index contributed by atoms with van der Waals surface area (Å²) >= 11 is 0. The molecule has 3 heterocycles. The molecule has 0 aromatic heterocycles. The number of benzene rings is 2. The molecule has 45 heavy (non-hydrogen) atoms. The van der Waals surface area contributed by atoms with Crippen LogP contribution in [-0.2, 0) is 30.3 Å². The Balaban J connectivity index is 1.16. The van der Waals surface area contributed by atoms with E-state index in [9.17, 15) is 24.3 Å². The van der Waals surface area contributed by atoms with Crippen LogP contribution in [0.1, 0.15) is 25.3 Å². The van der Waals surface area contributed by atoms with E-state index in [1.165, 1.54) is 11.0 Å². The van der Waals surface area contributed by atoms with E-state index >= 15 is 0 Å². The first kappa shape index (κ1) is 27.8. The minimum atomic E-state index is -0.650. The van der Waals surface area contributed by atoms with Crippen LogP contribution in [0, 0.1) is 23.7 Å². The number of rotatable bonds is 3. The Morgan fingerprint density at radius 2 is 1.67 bits per heavy atom. The summed E-state index contributed by atoms with van der Waals surface area (Å²) in [5.74, 6) is -2.38. The lowest BCUT2D eigenvalue weighted by Gasteiger charge is -2.43. The number of hydrogen-bond acceptors (Lipinski definition) is 8. The fourth-order valence-electron chi connectivity index (χ4n) is 8.08. The van der Waals surface area contributed by atoms with E-state index in [1.54, 1.807) is 31.4 Å². The van der Waals surface area contributed by atoms with E-state index in [2.05, 4.69) is 4.90 Å². The van der Waals surface area contributed by atoms with Crippen LogP contribution in [0.3, 0.4) is 0 Å². The predicted molar refractivity (Wildman–Crippen MR) is 165 cm³/mol. The fourth-order valence-corrected chi connectivity index (χ4v) is 8.08. The quantitative estimate of drug-likeness (QED) is 0.315. The van der Waals surface area contributed by atoms with E-state index in [0.29, 0.717) is 54.2 Å². The number of ketones is 2. The Morgan fingerprint density at radius 1 is 0.911 bits per heavy atom. The maximum atomic E-state index is 14.3. The molecule has 6 aliphatic rings. The van der Waals surface area contributed by atoms with Crippen LogP contribution >= 0.6 is 0 Å². The number of nitrogens with zero attached hydrogens (tertiary/aromatic N) is 2. The smallest absolute Gasteiger partial charge is 0.238 e. The maximum Gasteiger partial charge on any atom is 0.238 e. The number of imide groups is 1. The summed E-state index contributed by atoms with van der Waals surface area (Å²) in [4.78, 5) is 58.8. The van der Waals surface area contributed by atoms with Gasteiger partial charge in [-0.15, -0.1) is 0 Å². The lowest BCUT2D eigenvalue weighted by molar-refractivity contribution is -0.123. The van der Waals surface area contributed by atoms with E-state index in [0.717, 1.165) is 35.5 Å². The number of anilines is 2. The Bertz CT molecular complexity index is 1810. The summed E-state index contributed by atoms with van der Waals surface area (Å²) in [6, 6.07) is 12.4. The Kier molecular flexibility index (Phi) is 6.42. The molecule has 2 fully saturated rings. The van der Waals surface area contributed by atoms with Crippen molar-refractivity contribution in [2.75, 3.05) is 36.1 Å². The molecule has 0 bridgehead atoms. The summed E-state index contributed by atoms with van der Waals surface area (Å²) < 4.78 is 11.4. The molecular weight excluding hydrogens is 572 g/mol. The second-order valence-corrected chi connectivity index (χ2v) is 12.6. The second kappa shape index (κ2) is 10.4. The van der Waals surface area contributed by atoms with E-state index in [1.807, 2.05) is 30.3 Å². The van der Waals surface area contributed by atoms with Crippen molar-refractivity contribution in [2.24, 2.45) is 23.7 Å². The van der Waals surface area contributed by atoms with Gasteiger partial charge < -0.3 is 19.5 Å². The normalized spacial score (nSPS) is 27.6. The standard InChI is InChI=1S/C36H32N2O7/c1-19-14-29(40)33-28(34(19)41)17-27-25(31(33)21-15-20-16-24(39)6-9-30(20)45-18-21)7-8-26-32(27)36(43)38(35(26)42)23-4-2-22(3-5-23)37-10-12-44-13-11-37/h2-7,9,14,16,18,26-27,31-32,39H,8,10-13,15,17H2,1H3. The minimum absolute atomic E-state index is 0.107. The van der Waals surface area contributed by atoms with Gasteiger partial charge in [0.1, 0.15) is 11.5 Å². The van der Waals surface area contributed by atoms with Crippen molar-refractivity contribution in [1.82, 2.24) is 0 Å². The van der Waals surface area contributed by atoms with Crippen LogP contribution in [0.25, 0.3) is 0 Å². The third-order valence-electron chi connectivity index (χ3n) is 10.2. The van der Waals surface area contributed by atoms with Crippen LogP contribution in [0.5, 0.6) is 11.5 Å². The van der Waals surface area contributed by atoms with Crippen molar-refractivity contribution in [2.45, 2.75) is 26.2 Å². The summed E-state index contributed by atoms with van der Waals surface area (Å²) in [5, 5.41) is 10.1. The average molecular weight is 605 g/mol. The molecular formula is C36H32N2O7. The molecule has 228 valence electrons. The molecule has 2 aromatic rings. The van der Waals surface area contributed by atoms with Gasteiger partial charge in [0, 0.05) is 53.4 Å². The number of Topliss-reactive ketones (excluding diaryl/α,β-unsaturated/α-hetero) is 1. The number of morpholine rings is 1. The van der Waals surface area contributed by atoms with Gasteiger partial charge in [0.05, 0.1) is 37.0 Å². The molecule has 3 aliphatic carbocycles. The Labute approximate surface area is 260 Å². The number of carbonyl (C=O) groups excluding carboxylic acids is 4. The maximum absolute atomic E-state index is 14.3. The zero-order valence-corrected chi connectivity index (χ0v) is 24.8. The molecule has 0 saturated carbocycles. The van der Waals surface area contributed by atoms with Crippen molar-refractivity contribution in [3.63, 3.8) is 0 Å². The van der Waals surface area contributed by atoms with Crippen LogP contribution in [0.15, 0.2) is 88.7 Å². The van der Waals surface area contributed by atoms with Gasteiger partial charge in [0.15, 0.2) is 11.6 Å². The van der Waals surface area contributed by atoms with Crippen molar-refractivity contribution < 1.29 is 33.8 Å². The summed E-state index contributed by atoms with van der Waals surface area (Å²) in [6.45, 7) is 4.52. The summed E-state index contributed by atoms with van der Waals surface area (Å²) in [7, 11) is 0. The Hall–Kier alpha value is -4.76. The number of allylic oxidation sites excluding steroid dienone is 7. The highest BCUT2D eigenvalue weighted by molar-refractivity contribution is 6.24. The van der Waals surface area contributed by atoms with E-state index < -0.39 is 23.7 Å². The number of carbonyl (C=O) groups is 4. The summed E-state index contributed by atoms with van der Waals surface area (Å²) in [5.41, 5.74) is 5.20. The number of aromatic hydroxyl groups is 1. The molecule has 4 unspecified atom stereocenters.